The molecule has 0 spiro atoms. The second-order valence-corrected chi connectivity index (χ2v) is 1.23. The van der Waals surface area contributed by atoms with E-state index in [2.05, 4.69) is 0 Å². The maximum absolute atomic E-state index is 9.85. The molecule has 0 saturated carbocycles. The van der Waals surface area contributed by atoms with E-state index < -0.39 is 6.03 Å². The molecule has 0 rings (SSSR count). The summed E-state index contributed by atoms with van der Waals surface area (Å²) < 4.78 is 0. The van der Waals surface area contributed by atoms with E-state index in [1.54, 1.807) is 14.1 Å². The third-order valence-electron chi connectivity index (χ3n) is 0.441. The Morgan fingerprint density at radius 2 is 1.56 bits per heavy atom. The average molecular weight is 138 g/mol. The van der Waals surface area contributed by atoms with E-state index in [0.29, 0.717) is 0 Å². The monoisotopic (exact) mass is 138 g/mol. The van der Waals surface area contributed by atoms with Crippen molar-refractivity contribution in [2.75, 3.05) is 21.2 Å². The summed E-state index contributed by atoms with van der Waals surface area (Å²) >= 11 is 0. The summed E-state index contributed by atoms with van der Waals surface area (Å²) in [6.07, 6.45) is 0. The first-order valence-corrected chi connectivity index (χ1v) is 2.06. The van der Waals surface area contributed by atoms with Crippen LogP contribution in [0.2, 0.25) is 0 Å². The molecule has 0 aliphatic heterocycles. The second kappa shape index (κ2) is 10.2. The van der Waals surface area contributed by atoms with Gasteiger partial charge in [0.25, 0.3) is 0 Å². The predicted octanol–water partition coefficient (Wildman–Crippen LogP) is -1.59. The first kappa shape index (κ1) is 15.7. The number of aliphatic hydroxyl groups is 1. The maximum Gasteiger partial charge on any atom is 0.314 e. The van der Waals surface area contributed by atoms with Crippen LogP contribution in [0.4, 0.5) is 4.79 Å². The molecule has 0 radical (unpaired) electrons. The van der Waals surface area contributed by atoms with Crippen LogP contribution in [0.5, 0.6) is 0 Å². The molecular weight excluding hydrogens is 124 g/mol. The van der Waals surface area contributed by atoms with Crippen molar-refractivity contribution in [2.45, 2.75) is 0 Å². The van der Waals surface area contributed by atoms with E-state index in [9.17, 15) is 4.79 Å². The molecule has 5 nitrogen and oxygen atoms in total. The quantitative estimate of drug-likeness (QED) is 0.422. The van der Waals surface area contributed by atoms with Crippen LogP contribution in [-0.4, -0.2) is 42.7 Å². The minimum Gasteiger partial charge on any atom is -0.412 e. The van der Waals surface area contributed by atoms with Crippen molar-refractivity contribution in [1.29, 1.82) is 0 Å². The number of nitrogens with zero attached hydrogens (tertiary/aromatic N) is 1. The molecule has 2 amide bonds. The largest absolute Gasteiger partial charge is 0.412 e. The van der Waals surface area contributed by atoms with Gasteiger partial charge in [0.15, 0.2) is 0 Å². The summed E-state index contributed by atoms with van der Waals surface area (Å²) in [5.41, 5.74) is 4.72. The third kappa shape index (κ3) is 19.0. The van der Waals surface area contributed by atoms with Gasteiger partial charge in [0.1, 0.15) is 0 Å². The van der Waals surface area contributed by atoms with E-state index >= 15 is 0 Å². The Balaban J connectivity index is -0.000000109. The number of primary amides is 1. The predicted molar refractivity (Wildman–Crippen MR) is 35.0 cm³/mol. The van der Waals surface area contributed by atoms with Crippen LogP contribution in [0.15, 0.2) is 0 Å². The number of rotatable bonds is 0. The summed E-state index contributed by atoms with van der Waals surface area (Å²) in [6, 6.07) is -0.407. The van der Waals surface area contributed by atoms with Gasteiger partial charge in [0.2, 0.25) is 0 Å². The number of hydrogen-bond acceptors (Lipinski definition) is 2. The van der Waals surface area contributed by atoms with Gasteiger partial charge < -0.3 is 21.2 Å². The Kier molecular flexibility index (Phi) is 17.9. The smallest absolute Gasteiger partial charge is 0.314 e. The average Bonchev–Trinajstić information content (AvgIpc) is 1.72. The molecule has 58 valence electrons. The van der Waals surface area contributed by atoms with Gasteiger partial charge >= 0.3 is 6.03 Å². The molecule has 0 atom stereocenters. The fourth-order valence-corrected chi connectivity index (χ4v) is 0. The molecule has 0 bridgehead atoms. The molecule has 0 aromatic rings. The summed E-state index contributed by atoms with van der Waals surface area (Å²) in [5.74, 6) is 0. The zero-order valence-electron chi connectivity index (χ0n) is 5.88. The molecule has 5 heteroatoms. The molecule has 9 heavy (non-hydrogen) atoms. The van der Waals surface area contributed by atoms with Gasteiger partial charge in [-0.05, 0) is 0 Å². The van der Waals surface area contributed by atoms with E-state index in [4.69, 9.17) is 10.8 Å². The minimum atomic E-state index is -0.407. The van der Waals surface area contributed by atoms with Crippen LogP contribution in [-0.2, 0) is 0 Å². The fraction of sp³-hybridized carbons (Fsp3) is 0.750. The number of carbonyl (C=O) groups excluding carboxylic acids is 1. The lowest BCUT2D eigenvalue weighted by Gasteiger charge is -2.01. The van der Waals surface area contributed by atoms with Crippen LogP contribution in [0.3, 0.4) is 0 Å². The van der Waals surface area contributed by atoms with Crippen LogP contribution < -0.4 is 5.73 Å². The second-order valence-electron chi connectivity index (χ2n) is 1.23. The fourth-order valence-electron chi connectivity index (χ4n) is 0. The molecule has 0 heterocycles. The van der Waals surface area contributed by atoms with Crippen LogP contribution in [0.25, 0.3) is 0 Å². The van der Waals surface area contributed by atoms with Crippen LogP contribution in [0.1, 0.15) is 0 Å². The molecular formula is C4H14N2O3. The molecule has 5 N–H and O–H groups in total. The molecule has 0 aromatic heterocycles. The van der Waals surface area contributed by atoms with Crippen molar-refractivity contribution in [3.63, 3.8) is 0 Å². The standard InChI is InChI=1S/C3H8N2O.CH4O.H2O/c1-5(2)3(4)6;1-2;/h1-2H3,(H2,4,6);2H,1H3;1H2. The van der Waals surface area contributed by atoms with E-state index in [1.807, 2.05) is 0 Å². The van der Waals surface area contributed by atoms with Crippen molar-refractivity contribution in [2.24, 2.45) is 5.73 Å². The zero-order valence-corrected chi connectivity index (χ0v) is 5.88. The summed E-state index contributed by atoms with van der Waals surface area (Å²) in [4.78, 5) is 11.2. The Bertz CT molecular complexity index is 64.8. The summed E-state index contributed by atoms with van der Waals surface area (Å²) in [7, 11) is 4.20. The lowest BCUT2D eigenvalue weighted by Crippen LogP contribution is -2.27. The first-order chi connectivity index (χ1) is 3.64. The lowest BCUT2D eigenvalue weighted by molar-refractivity contribution is 0.227. The van der Waals surface area contributed by atoms with Crippen molar-refractivity contribution < 1.29 is 15.4 Å². The lowest BCUT2D eigenvalue weighted by atomic mass is 10.9. The van der Waals surface area contributed by atoms with Gasteiger partial charge in [-0.15, -0.1) is 0 Å². The highest BCUT2D eigenvalue weighted by Gasteiger charge is 1.88. The molecule has 0 aromatic carbocycles. The normalized spacial score (nSPS) is 5.78. The van der Waals surface area contributed by atoms with Crippen LogP contribution in [0, 0.1) is 0 Å². The molecule has 0 unspecified atom stereocenters. The van der Waals surface area contributed by atoms with Gasteiger partial charge in [0, 0.05) is 21.2 Å². The number of urea groups is 1. The van der Waals surface area contributed by atoms with Crippen molar-refractivity contribution >= 4 is 6.03 Å². The van der Waals surface area contributed by atoms with Gasteiger partial charge in [-0.1, -0.05) is 0 Å². The number of nitrogens with two attached hydrogens (primary N) is 1. The van der Waals surface area contributed by atoms with E-state index in [1.165, 1.54) is 4.90 Å². The topological polar surface area (TPSA) is 98.1 Å². The van der Waals surface area contributed by atoms with Gasteiger partial charge in [-0.25, -0.2) is 4.79 Å². The van der Waals surface area contributed by atoms with Gasteiger partial charge in [-0.3, -0.25) is 0 Å². The Labute approximate surface area is 54.4 Å². The van der Waals surface area contributed by atoms with Crippen LogP contribution >= 0.6 is 0 Å². The molecule has 0 aliphatic carbocycles. The highest BCUT2D eigenvalue weighted by molar-refractivity contribution is 5.71. The Morgan fingerprint density at radius 3 is 1.56 bits per heavy atom. The van der Waals surface area contributed by atoms with Gasteiger partial charge in [-0.2, -0.15) is 0 Å². The third-order valence-corrected chi connectivity index (χ3v) is 0.441. The SMILES string of the molecule is CN(C)C(N)=O.CO.O. The number of hydrogen-bond donors (Lipinski definition) is 2. The van der Waals surface area contributed by atoms with Crippen molar-refractivity contribution in [3.05, 3.63) is 0 Å². The highest BCUT2D eigenvalue weighted by atomic mass is 16.2. The first-order valence-electron chi connectivity index (χ1n) is 2.06. The van der Waals surface area contributed by atoms with E-state index in [-0.39, 0.29) is 5.48 Å². The number of aliphatic hydroxyl groups excluding tert-OH is 1. The molecule has 0 aliphatic rings. The highest BCUT2D eigenvalue weighted by Crippen LogP contribution is 1.65. The summed E-state index contributed by atoms with van der Waals surface area (Å²) in [6.45, 7) is 0. The Morgan fingerprint density at radius 1 is 1.44 bits per heavy atom. The van der Waals surface area contributed by atoms with Crippen molar-refractivity contribution in [3.8, 4) is 0 Å². The van der Waals surface area contributed by atoms with Crippen molar-refractivity contribution in [1.82, 2.24) is 4.90 Å². The Hall–Kier alpha value is -0.810. The molecule has 0 saturated heterocycles. The minimum absolute atomic E-state index is 0. The summed E-state index contributed by atoms with van der Waals surface area (Å²) in [5, 5.41) is 7.00. The van der Waals surface area contributed by atoms with E-state index in [0.717, 1.165) is 7.11 Å². The number of amides is 2. The van der Waals surface area contributed by atoms with Gasteiger partial charge in [0.05, 0.1) is 0 Å². The number of carbonyl (C=O) groups is 1. The molecule has 0 fully saturated rings. The maximum atomic E-state index is 9.85. The zero-order chi connectivity index (χ0) is 7.15.